The Morgan fingerprint density at radius 2 is 1.76 bits per heavy atom. The van der Waals surface area contributed by atoms with Crippen molar-refractivity contribution in [3.63, 3.8) is 0 Å². The molecule has 0 saturated carbocycles. The van der Waals surface area contributed by atoms with Gasteiger partial charge in [-0.3, -0.25) is 9.59 Å². The monoisotopic (exact) mass is 339 g/mol. The van der Waals surface area contributed by atoms with Crippen LogP contribution in [0.25, 0.3) is 11.3 Å². The number of rotatable bonds is 5. The third-order valence-corrected chi connectivity index (χ3v) is 3.57. The van der Waals surface area contributed by atoms with E-state index in [2.05, 4.69) is 10.5 Å². The highest BCUT2D eigenvalue weighted by atomic mass is 19.1. The van der Waals surface area contributed by atoms with Crippen LogP contribution in [0.4, 0.5) is 4.39 Å². The van der Waals surface area contributed by atoms with E-state index in [0.717, 1.165) is 0 Å². The van der Waals surface area contributed by atoms with Crippen LogP contribution in [-0.2, 0) is 4.79 Å². The summed E-state index contributed by atoms with van der Waals surface area (Å²) in [5.41, 5.74) is 6.01. The van der Waals surface area contributed by atoms with Crippen molar-refractivity contribution in [2.75, 3.05) is 0 Å². The van der Waals surface area contributed by atoms with Gasteiger partial charge in [-0.1, -0.05) is 47.6 Å². The minimum absolute atomic E-state index is 0.0829. The molecule has 1 heterocycles. The Bertz CT molecular complexity index is 909. The molecule has 0 aliphatic carbocycles. The van der Waals surface area contributed by atoms with Crippen LogP contribution in [0.15, 0.2) is 65.2 Å². The van der Waals surface area contributed by atoms with Gasteiger partial charge >= 0.3 is 0 Å². The number of halogens is 1. The van der Waals surface area contributed by atoms with Crippen molar-refractivity contribution in [3.8, 4) is 11.3 Å². The summed E-state index contributed by atoms with van der Waals surface area (Å²) in [6, 6.07) is 14.8. The zero-order chi connectivity index (χ0) is 17.8. The van der Waals surface area contributed by atoms with E-state index < -0.39 is 23.7 Å². The molecule has 0 aliphatic heterocycles. The van der Waals surface area contributed by atoms with Crippen LogP contribution in [0.5, 0.6) is 0 Å². The molecule has 2 amide bonds. The predicted molar refractivity (Wildman–Crippen MR) is 87.7 cm³/mol. The van der Waals surface area contributed by atoms with Gasteiger partial charge in [0.25, 0.3) is 5.91 Å². The molecule has 0 unspecified atom stereocenters. The second kappa shape index (κ2) is 6.96. The minimum atomic E-state index is -1.01. The van der Waals surface area contributed by atoms with Crippen LogP contribution < -0.4 is 11.1 Å². The fourth-order valence-electron chi connectivity index (χ4n) is 2.34. The number of carbonyl (C=O) groups is 2. The van der Waals surface area contributed by atoms with Crippen LogP contribution >= 0.6 is 0 Å². The Hall–Kier alpha value is -3.48. The van der Waals surface area contributed by atoms with Crippen molar-refractivity contribution >= 4 is 11.8 Å². The summed E-state index contributed by atoms with van der Waals surface area (Å²) in [6.07, 6.45) is 0. The zero-order valence-corrected chi connectivity index (χ0v) is 13.0. The van der Waals surface area contributed by atoms with Crippen molar-refractivity contribution in [1.82, 2.24) is 10.5 Å². The molecule has 126 valence electrons. The Morgan fingerprint density at radius 1 is 1.08 bits per heavy atom. The molecular weight excluding hydrogens is 325 g/mol. The summed E-state index contributed by atoms with van der Waals surface area (Å²) in [5, 5.41) is 6.13. The van der Waals surface area contributed by atoms with E-state index in [0.29, 0.717) is 5.56 Å². The first-order valence-electron chi connectivity index (χ1n) is 7.43. The predicted octanol–water partition coefficient (Wildman–Crippen LogP) is 2.44. The first kappa shape index (κ1) is 16.4. The lowest BCUT2D eigenvalue weighted by atomic mass is 10.1. The van der Waals surface area contributed by atoms with Crippen LogP contribution in [0, 0.1) is 5.82 Å². The fourth-order valence-corrected chi connectivity index (χ4v) is 2.34. The van der Waals surface area contributed by atoms with E-state index in [9.17, 15) is 14.0 Å². The number of nitrogens with two attached hydrogens (primary N) is 1. The molecule has 6 nitrogen and oxygen atoms in total. The summed E-state index contributed by atoms with van der Waals surface area (Å²) in [5.74, 6) is -1.75. The minimum Gasteiger partial charge on any atom is -0.368 e. The van der Waals surface area contributed by atoms with Gasteiger partial charge in [-0.15, -0.1) is 0 Å². The van der Waals surface area contributed by atoms with Gasteiger partial charge in [-0.2, -0.15) is 0 Å². The molecule has 0 spiro atoms. The lowest BCUT2D eigenvalue weighted by Crippen LogP contribution is -2.37. The lowest BCUT2D eigenvalue weighted by molar-refractivity contribution is -0.120. The summed E-state index contributed by atoms with van der Waals surface area (Å²) >= 11 is 0. The number of amides is 2. The van der Waals surface area contributed by atoms with E-state index in [1.165, 1.54) is 18.2 Å². The highest BCUT2D eigenvalue weighted by Crippen LogP contribution is 2.23. The van der Waals surface area contributed by atoms with Gasteiger partial charge in [-0.25, -0.2) is 4.39 Å². The number of hydrogen-bond donors (Lipinski definition) is 2. The first-order valence-corrected chi connectivity index (χ1v) is 7.43. The van der Waals surface area contributed by atoms with Gasteiger partial charge < -0.3 is 15.6 Å². The Balaban J connectivity index is 1.82. The standard InChI is InChI=1S/C18H14FN3O3/c19-13-9-5-4-8-12(13)15-10-14(22-25-15)18(24)21-16(17(20)23)11-6-2-1-3-7-11/h1-10,16H,(H2,20,23)(H,21,24)/t16-/m1/s1. The molecule has 0 saturated heterocycles. The molecule has 0 aliphatic rings. The number of hydrogen-bond acceptors (Lipinski definition) is 4. The molecule has 0 radical (unpaired) electrons. The van der Waals surface area contributed by atoms with E-state index in [4.69, 9.17) is 10.3 Å². The second-order valence-corrected chi connectivity index (χ2v) is 5.28. The third kappa shape index (κ3) is 3.55. The van der Waals surface area contributed by atoms with E-state index in [-0.39, 0.29) is 17.0 Å². The van der Waals surface area contributed by atoms with Crippen molar-refractivity contribution < 1.29 is 18.5 Å². The lowest BCUT2D eigenvalue weighted by Gasteiger charge is -2.14. The van der Waals surface area contributed by atoms with E-state index >= 15 is 0 Å². The normalized spacial score (nSPS) is 11.7. The Morgan fingerprint density at radius 3 is 2.44 bits per heavy atom. The maximum atomic E-state index is 13.8. The van der Waals surface area contributed by atoms with Gasteiger partial charge in [0.1, 0.15) is 11.9 Å². The van der Waals surface area contributed by atoms with E-state index in [1.54, 1.807) is 42.5 Å². The highest BCUT2D eigenvalue weighted by molar-refractivity contribution is 5.96. The molecule has 3 N–H and O–H groups in total. The Kier molecular flexibility index (Phi) is 4.56. The molecular formula is C18H14FN3O3. The maximum Gasteiger partial charge on any atom is 0.274 e. The number of carbonyl (C=O) groups excluding carboxylic acids is 2. The van der Waals surface area contributed by atoms with Gasteiger partial charge in [0.2, 0.25) is 5.91 Å². The topological polar surface area (TPSA) is 98.2 Å². The first-order chi connectivity index (χ1) is 12.1. The van der Waals surface area contributed by atoms with Crippen LogP contribution in [0.1, 0.15) is 22.1 Å². The van der Waals surface area contributed by atoms with Gasteiger partial charge in [0, 0.05) is 6.07 Å². The quantitative estimate of drug-likeness (QED) is 0.746. The van der Waals surface area contributed by atoms with Crippen molar-refractivity contribution in [2.45, 2.75) is 6.04 Å². The fraction of sp³-hybridized carbons (Fsp3) is 0.0556. The summed E-state index contributed by atoms with van der Waals surface area (Å²) in [4.78, 5) is 24.0. The molecule has 0 fully saturated rings. The average Bonchev–Trinajstić information content (AvgIpc) is 3.10. The Labute approximate surface area is 142 Å². The molecule has 2 aromatic carbocycles. The summed E-state index contributed by atoms with van der Waals surface area (Å²) in [7, 11) is 0. The molecule has 7 heteroatoms. The number of nitrogens with one attached hydrogen (secondary N) is 1. The average molecular weight is 339 g/mol. The van der Waals surface area contributed by atoms with E-state index in [1.807, 2.05) is 0 Å². The van der Waals surface area contributed by atoms with Gasteiger partial charge in [0.05, 0.1) is 5.56 Å². The van der Waals surface area contributed by atoms with Gasteiger partial charge in [-0.05, 0) is 17.7 Å². The second-order valence-electron chi connectivity index (χ2n) is 5.28. The molecule has 3 rings (SSSR count). The molecule has 1 atom stereocenters. The third-order valence-electron chi connectivity index (χ3n) is 3.57. The summed E-state index contributed by atoms with van der Waals surface area (Å²) < 4.78 is 18.8. The van der Waals surface area contributed by atoms with Crippen LogP contribution in [-0.4, -0.2) is 17.0 Å². The smallest absolute Gasteiger partial charge is 0.274 e. The molecule has 0 bridgehead atoms. The maximum absolute atomic E-state index is 13.8. The molecule has 3 aromatic rings. The van der Waals surface area contributed by atoms with Gasteiger partial charge in [0.15, 0.2) is 11.5 Å². The summed E-state index contributed by atoms with van der Waals surface area (Å²) in [6.45, 7) is 0. The van der Waals surface area contributed by atoms with Crippen molar-refractivity contribution in [3.05, 3.63) is 77.7 Å². The number of nitrogens with zero attached hydrogens (tertiary/aromatic N) is 1. The SMILES string of the molecule is NC(=O)[C@H](NC(=O)c1cc(-c2ccccc2F)on1)c1ccccc1. The van der Waals surface area contributed by atoms with Crippen LogP contribution in [0.2, 0.25) is 0 Å². The highest BCUT2D eigenvalue weighted by Gasteiger charge is 2.23. The number of aromatic nitrogens is 1. The zero-order valence-electron chi connectivity index (χ0n) is 13.0. The van der Waals surface area contributed by atoms with Crippen molar-refractivity contribution in [1.29, 1.82) is 0 Å². The number of benzene rings is 2. The van der Waals surface area contributed by atoms with Crippen molar-refractivity contribution in [2.24, 2.45) is 5.73 Å². The molecule has 1 aromatic heterocycles. The largest absolute Gasteiger partial charge is 0.368 e. The van der Waals surface area contributed by atoms with Crippen LogP contribution in [0.3, 0.4) is 0 Å². The molecule has 25 heavy (non-hydrogen) atoms. The number of primary amides is 1.